The van der Waals surface area contributed by atoms with Gasteiger partial charge in [0.05, 0.1) is 38.9 Å². The lowest BCUT2D eigenvalue weighted by Crippen LogP contribution is -2.10. The number of nitrogens with zero attached hydrogens (tertiary/aromatic N) is 3. The number of hydrogen-bond acceptors (Lipinski definition) is 6. The van der Waals surface area contributed by atoms with Crippen molar-refractivity contribution in [3.05, 3.63) is 51.2 Å². The minimum atomic E-state index is -0.508. The summed E-state index contributed by atoms with van der Waals surface area (Å²) in [6.07, 6.45) is 2.99. The van der Waals surface area contributed by atoms with Crippen LogP contribution in [0.15, 0.2) is 29.7 Å². The molecule has 0 aliphatic rings. The van der Waals surface area contributed by atoms with Crippen LogP contribution in [0.2, 0.25) is 0 Å². The summed E-state index contributed by atoms with van der Waals surface area (Å²) in [5, 5.41) is 31.8. The SMILES string of the molecule is CC(C)(C)/C(O)=C/c1nc2ccc([N+](=O)[O-])cc2nc1/C=C(\O)C(C)(C)C. The van der Waals surface area contributed by atoms with Crippen molar-refractivity contribution in [1.29, 1.82) is 0 Å². The van der Waals surface area contributed by atoms with Gasteiger partial charge in [0.25, 0.3) is 5.69 Å². The molecule has 0 aliphatic heterocycles. The van der Waals surface area contributed by atoms with Gasteiger partial charge in [-0.2, -0.15) is 0 Å². The third kappa shape index (κ3) is 4.81. The second-order valence-electron chi connectivity index (χ2n) is 8.48. The monoisotopic (exact) mass is 371 g/mol. The first-order valence-corrected chi connectivity index (χ1v) is 8.57. The number of rotatable bonds is 3. The molecule has 0 saturated carbocycles. The van der Waals surface area contributed by atoms with Gasteiger partial charge in [-0.05, 0) is 6.07 Å². The van der Waals surface area contributed by atoms with Gasteiger partial charge >= 0.3 is 0 Å². The summed E-state index contributed by atoms with van der Waals surface area (Å²) in [5.41, 5.74) is 0.412. The topological polar surface area (TPSA) is 109 Å². The first-order chi connectivity index (χ1) is 12.3. The fourth-order valence-corrected chi connectivity index (χ4v) is 2.09. The molecule has 27 heavy (non-hydrogen) atoms. The van der Waals surface area contributed by atoms with E-state index in [1.54, 1.807) is 0 Å². The molecule has 0 bridgehead atoms. The number of fused-ring (bicyclic) bond motifs is 1. The zero-order valence-corrected chi connectivity index (χ0v) is 16.4. The first kappa shape index (κ1) is 20.4. The second-order valence-corrected chi connectivity index (χ2v) is 8.48. The molecule has 0 amide bonds. The Labute approximate surface area is 158 Å². The number of nitro benzene ring substituents is 1. The molecule has 7 heteroatoms. The lowest BCUT2D eigenvalue weighted by atomic mass is 9.92. The summed E-state index contributed by atoms with van der Waals surface area (Å²) in [4.78, 5) is 19.5. The van der Waals surface area contributed by atoms with Crippen molar-refractivity contribution in [3.63, 3.8) is 0 Å². The third-order valence-electron chi connectivity index (χ3n) is 4.00. The fourth-order valence-electron chi connectivity index (χ4n) is 2.09. The third-order valence-corrected chi connectivity index (χ3v) is 4.00. The van der Waals surface area contributed by atoms with E-state index in [9.17, 15) is 20.3 Å². The maximum Gasteiger partial charge on any atom is 0.271 e. The largest absolute Gasteiger partial charge is 0.512 e. The minimum absolute atomic E-state index is 0.0893. The highest BCUT2D eigenvalue weighted by Gasteiger charge is 2.20. The van der Waals surface area contributed by atoms with Crippen molar-refractivity contribution in [1.82, 2.24) is 9.97 Å². The van der Waals surface area contributed by atoms with Crippen molar-refractivity contribution in [2.24, 2.45) is 10.8 Å². The predicted molar refractivity (Wildman–Crippen MR) is 106 cm³/mol. The highest BCUT2D eigenvalue weighted by atomic mass is 16.6. The Hall–Kier alpha value is -2.96. The highest BCUT2D eigenvalue weighted by molar-refractivity contribution is 5.80. The summed E-state index contributed by atoms with van der Waals surface area (Å²) in [7, 11) is 0. The molecule has 7 nitrogen and oxygen atoms in total. The average molecular weight is 371 g/mol. The van der Waals surface area contributed by atoms with Crippen LogP contribution >= 0.6 is 0 Å². The number of non-ortho nitro benzene ring substituents is 1. The van der Waals surface area contributed by atoms with Crippen LogP contribution < -0.4 is 0 Å². The summed E-state index contributed by atoms with van der Waals surface area (Å²) in [5.74, 6) is 0.203. The van der Waals surface area contributed by atoms with Gasteiger partial charge in [-0.3, -0.25) is 10.1 Å². The van der Waals surface area contributed by atoms with E-state index in [-0.39, 0.29) is 17.2 Å². The van der Waals surface area contributed by atoms with Crippen LogP contribution in [0.25, 0.3) is 23.2 Å². The van der Waals surface area contributed by atoms with E-state index in [1.807, 2.05) is 41.5 Å². The van der Waals surface area contributed by atoms with E-state index in [0.29, 0.717) is 22.4 Å². The zero-order chi connectivity index (χ0) is 20.6. The van der Waals surface area contributed by atoms with Gasteiger partial charge in [0.15, 0.2) is 0 Å². The second kappa shape index (κ2) is 6.98. The number of allylic oxidation sites excluding steroid dienone is 2. The smallest absolute Gasteiger partial charge is 0.271 e. The number of aromatic nitrogens is 2. The average Bonchev–Trinajstić information content (AvgIpc) is 2.52. The molecule has 1 aromatic carbocycles. The molecule has 1 heterocycles. The van der Waals surface area contributed by atoms with Crippen LogP contribution in [0, 0.1) is 20.9 Å². The van der Waals surface area contributed by atoms with E-state index in [0.717, 1.165) is 0 Å². The molecule has 0 fully saturated rings. The quantitative estimate of drug-likeness (QED) is 0.423. The number of hydrogen-bond donors (Lipinski definition) is 2. The van der Waals surface area contributed by atoms with E-state index >= 15 is 0 Å². The highest BCUT2D eigenvalue weighted by Crippen LogP contribution is 2.29. The summed E-state index contributed by atoms with van der Waals surface area (Å²) < 4.78 is 0. The Balaban J connectivity index is 2.76. The van der Waals surface area contributed by atoms with Gasteiger partial charge in [-0.25, -0.2) is 9.97 Å². The molecule has 1 aromatic heterocycles. The van der Waals surface area contributed by atoms with Gasteiger partial charge < -0.3 is 10.2 Å². The van der Waals surface area contributed by atoms with Crippen molar-refractivity contribution in [2.75, 3.05) is 0 Å². The van der Waals surface area contributed by atoms with Gasteiger partial charge in [0.2, 0.25) is 0 Å². The van der Waals surface area contributed by atoms with E-state index in [2.05, 4.69) is 9.97 Å². The van der Waals surface area contributed by atoms with Crippen LogP contribution in [0.4, 0.5) is 5.69 Å². The lowest BCUT2D eigenvalue weighted by molar-refractivity contribution is -0.384. The van der Waals surface area contributed by atoms with E-state index < -0.39 is 15.8 Å². The molecule has 0 spiro atoms. The zero-order valence-electron chi connectivity index (χ0n) is 16.4. The molecular formula is C20H25N3O4. The summed E-state index contributed by atoms with van der Waals surface area (Å²) in [6, 6.07) is 4.21. The molecule has 0 saturated heterocycles. The standard InChI is InChI=1S/C20H25N3O4/c1-19(2,3)17(24)10-15-16(11-18(25)20(4,5)6)22-14-9-12(23(26)27)7-8-13(14)21-15/h7-11,24-25H,1-6H3/b17-10-,18-11-. The van der Waals surface area contributed by atoms with Crippen molar-refractivity contribution >= 4 is 28.9 Å². The van der Waals surface area contributed by atoms with Gasteiger partial charge in [-0.1, -0.05) is 41.5 Å². The summed E-state index contributed by atoms with van der Waals surface area (Å²) >= 11 is 0. The lowest BCUT2D eigenvalue weighted by Gasteiger charge is -2.19. The van der Waals surface area contributed by atoms with Crippen LogP contribution in [0.5, 0.6) is 0 Å². The number of benzene rings is 1. The molecule has 0 aliphatic carbocycles. The first-order valence-electron chi connectivity index (χ1n) is 8.57. The molecule has 0 atom stereocenters. The summed E-state index contributed by atoms with van der Waals surface area (Å²) in [6.45, 7) is 11.1. The Kier molecular flexibility index (Phi) is 5.26. The van der Waals surface area contributed by atoms with Crippen molar-refractivity contribution in [3.8, 4) is 0 Å². The number of aliphatic hydroxyl groups is 2. The molecule has 2 aromatic rings. The van der Waals surface area contributed by atoms with Crippen LogP contribution in [0.1, 0.15) is 52.9 Å². The van der Waals surface area contributed by atoms with Crippen LogP contribution in [-0.4, -0.2) is 25.1 Å². The maximum absolute atomic E-state index is 11.0. The minimum Gasteiger partial charge on any atom is -0.512 e. The Morgan fingerprint density at radius 3 is 1.78 bits per heavy atom. The Bertz CT molecular complexity index is 948. The van der Waals surface area contributed by atoms with E-state index in [4.69, 9.17) is 0 Å². The van der Waals surface area contributed by atoms with Gasteiger partial charge in [0, 0.05) is 35.1 Å². The Morgan fingerprint density at radius 1 is 0.926 bits per heavy atom. The Morgan fingerprint density at radius 2 is 1.37 bits per heavy atom. The molecule has 2 rings (SSSR count). The van der Waals surface area contributed by atoms with Crippen LogP contribution in [-0.2, 0) is 0 Å². The van der Waals surface area contributed by atoms with Gasteiger partial charge in [0.1, 0.15) is 0 Å². The number of aliphatic hydroxyl groups excluding tert-OH is 2. The molecule has 0 unspecified atom stereocenters. The van der Waals surface area contributed by atoms with Gasteiger partial charge in [-0.15, -0.1) is 0 Å². The number of nitro groups is 1. The van der Waals surface area contributed by atoms with Crippen molar-refractivity contribution in [2.45, 2.75) is 41.5 Å². The van der Waals surface area contributed by atoms with Crippen molar-refractivity contribution < 1.29 is 15.1 Å². The molecule has 0 radical (unpaired) electrons. The maximum atomic E-state index is 11.0. The fraction of sp³-hybridized carbons (Fsp3) is 0.400. The predicted octanol–water partition coefficient (Wildman–Crippen LogP) is 5.43. The van der Waals surface area contributed by atoms with E-state index in [1.165, 1.54) is 30.4 Å². The molecule has 2 N–H and O–H groups in total. The van der Waals surface area contributed by atoms with Crippen LogP contribution in [0.3, 0.4) is 0 Å². The molecule has 144 valence electrons. The normalized spacial score (nSPS) is 13.9. The molecular weight excluding hydrogens is 346 g/mol.